The van der Waals surface area contributed by atoms with Crippen LogP contribution in [0.4, 0.5) is 0 Å². The third kappa shape index (κ3) is 11.4. The summed E-state index contributed by atoms with van der Waals surface area (Å²) in [6.45, 7) is 7.35. The molecule has 0 radical (unpaired) electrons. The number of sulfonamides is 2. The van der Waals surface area contributed by atoms with Crippen LogP contribution in [0.3, 0.4) is 0 Å². The average Bonchev–Trinajstić information content (AvgIpc) is 3.75. The molecule has 0 aliphatic heterocycles. The maximum absolute atomic E-state index is 12.8. The number of carbonyl (C=O) groups is 2. The van der Waals surface area contributed by atoms with Gasteiger partial charge in [-0.1, -0.05) is 68.3 Å². The Morgan fingerprint density at radius 2 is 0.893 bits per heavy atom. The van der Waals surface area contributed by atoms with E-state index in [1.165, 1.54) is 24.3 Å². The number of H-pyrrole nitrogens is 2. The van der Waals surface area contributed by atoms with Crippen molar-refractivity contribution in [1.82, 2.24) is 30.0 Å². The zero-order chi connectivity index (χ0) is 40.6. The number of hydrogen-bond donors (Lipinski definition) is 6. The fourth-order valence-corrected chi connectivity index (χ4v) is 8.84. The molecule has 2 atom stereocenters. The van der Waals surface area contributed by atoms with Gasteiger partial charge in [0.15, 0.2) is 0 Å². The third-order valence-corrected chi connectivity index (χ3v) is 12.6. The van der Waals surface area contributed by atoms with Crippen LogP contribution < -0.4 is 20.1 Å². The number of carbonyl (C=O) groups excluding carboxylic acids is 2. The van der Waals surface area contributed by atoms with Crippen molar-refractivity contribution < 1.29 is 26.4 Å². The van der Waals surface area contributed by atoms with E-state index >= 15 is 0 Å². The van der Waals surface area contributed by atoms with Crippen molar-refractivity contribution in [2.45, 2.75) is 74.5 Å². The molecule has 6 aromatic rings. The zero-order valence-electron chi connectivity index (χ0n) is 31.1. The first-order chi connectivity index (χ1) is 26.5. The Morgan fingerprint density at radius 1 is 0.554 bits per heavy atom. The van der Waals surface area contributed by atoms with Gasteiger partial charge in [-0.3, -0.25) is 9.59 Å². The fourth-order valence-electron chi connectivity index (χ4n) is 5.92. The van der Waals surface area contributed by atoms with Crippen LogP contribution in [0.1, 0.15) is 38.8 Å². The standard InChI is InChI=1S/2C20H22BrN3O3S/c2*1-13(2)23-20(25)19(11-14-12-22-18-6-4-3-5-17(14)18)24-28(26,27)16-9-7-15(21)8-10-16/h2*3-10,12-13,19,22,24H,11H2,1-2H3,(H,23,25)/t2*19-/m00/s1. The molecule has 2 amide bonds. The first-order valence-electron chi connectivity index (χ1n) is 17.8. The van der Waals surface area contributed by atoms with Crippen molar-refractivity contribution in [2.75, 3.05) is 0 Å². The number of rotatable bonds is 14. The van der Waals surface area contributed by atoms with Crippen LogP contribution in [-0.4, -0.2) is 62.8 Å². The summed E-state index contributed by atoms with van der Waals surface area (Å²) in [5, 5.41) is 7.54. The van der Waals surface area contributed by atoms with Gasteiger partial charge in [0.1, 0.15) is 12.1 Å². The van der Waals surface area contributed by atoms with E-state index in [-0.39, 0.29) is 46.5 Å². The number of aromatic nitrogens is 2. The Kier molecular flexibility index (Phi) is 14.3. The lowest BCUT2D eigenvalue weighted by molar-refractivity contribution is -0.124. The Morgan fingerprint density at radius 3 is 1.23 bits per heavy atom. The summed E-state index contributed by atoms with van der Waals surface area (Å²) in [5.74, 6) is -0.720. The van der Waals surface area contributed by atoms with Crippen LogP contribution in [0, 0.1) is 0 Å². The lowest BCUT2D eigenvalue weighted by atomic mass is 10.0. The van der Waals surface area contributed by atoms with E-state index < -0.39 is 32.1 Å². The van der Waals surface area contributed by atoms with E-state index in [1.807, 2.05) is 88.6 Å². The van der Waals surface area contributed by atoms with E-state index in [0.29, 0.717) is 0 Å². The molecule has 16 heteroatoms. The monoisotopic (exact) mass is 926 g/mol. The molecule has 12 nitrogen and oxygen atoms in total. The normalized spacial score (nSPS) is 13.0. The predicted molar refractivity (Wildman–Crippen MR) is 227 cm³/mol. The smallest absolute Gasteiger partial charge is 0.241 e. The number of fused-ring (bicyclic) bond motifs is 2. The second kappa shape index (κ2) is 18.7. The Balaban J connectivity index is 0.000000214. The fraction of sp³-hybridized carbons (Fsp3) is 0.250. The lowest BCUT2D eigenvalue weighted by Gasteiger charge is -2.20. The van der Waals surface area contributed by atoms with Crippen LogP contribution in [-0.2, 0) is 42.5 Å². The highest BCUT2D eigenvalue weighted by Gasteiger charge is 2.29. The Bertz CT molecular complexity index is 2330. The molecule has 6 rings (SSSR count). The SMILES string of the molecule is CC(C)NC(=O)[C@H](Cc1c[nH]c2ccccc12)NS(=O)(=O)c1ccc(Br)cc1.CC(C)NC(=O)[C@H](Cc1c[nH]c2ccccc12)NS(=O)(=O)c1ccc(Br)cc1. The van der Waals surface area contributed by atoms with Gasteiger partial charge >= 0.3 is 0 Å². The molecule has 0 aliphatic rings. The van der Waals surface area contributed by atoms with Crippen molar-refractivity contribution in [3.05, 3.63) is 130 Å². The van der Waals surface area contributed by atoms with Crippen molar-refractivity contribution >= 4 is 85.5 Å². The number of para-hydroxylation sites is 2. The number of aromatic amines is 2. The van der Waals surface area contributed by atoms with E-state index in [1.54, 1.807) is 24.3 Å². The van der Waals surface area contributed by atoms with Gasteiger partial charge in [-0.25, -0.2) is 16.8 Å². The Labute approximate surface area is 344 Å². The molecule has 0 aliphatic carbocycles. The molecule has 296 valence electrons. The summed E-state index contributed by atoms with van der Waals surface area (Å²) in [6, 6.07) is 25.9. The summed E-state index contributed by atoms with van der Waals surface area (Å²) in [7, 11) is -7.71. The van der Waals surface area contributed by atoms with E-state index in [9.17, 15) is 26.4 Å². The maximum Gasteiger partial charge on any atom is 0.241 e. The second-order valence-corrected chi connectivity index (χ2v) is 19.0. The minimum absolute atomic E-state index is 0.102. The number of benzene rings is 4. The van der Waals surface area contributed by atoms with Crippen LogP contribution in [0.5, 0.6) is 0 Å². The van der Waals surface area contributed by atoms with E-state index in [0.717, 1.165) is 41.9 Å². The molecule has 2 heterocycles. The number of nitrogens with one attached hydrogen (secondary N) is 6. The van der Waals surface area contributed by atoms with Gasteiger partial charge in [0.2, 0.25) is 31.9 Å². The molecule has 0 saturated heterocycles. The van der Waals surface area contributed by atoms with E-state index in [2.05, 4.69) is 61.9 Å². The molecule has 4 aromatic carbocycles. The molecule has 2 aromatic heterocycles. The van der Waals surface area contributed by atoms with Crippen LogP contribution in [0.25, 0.3) is 21.8 Å². The van der Waals surface area contributed by atoms with Crippen molar-refractivity contribution in [3.8, 4) is 0 Å². The van der Waals surface area contributed by atoms with Crippen LogP contribution in [0.2, 0.25) is 0 Å². The minimum atomic E-state index is -3.86. The summed E-state index contributed by atoms with van der Waals surface area (Å²) in [5.41, 5.74) is 3.63. The van der Waals surface area contributed by atoms with Gasteiger partial charge in [0.05, 0.1) is 9.79 Å². The average molecular weight is 929 g/mol. The van der Waals surface area contributed by atoms with Crippen molar-refractivity contribution in [1.29, 1.82) is 0 Å². The highest BCUT2D eigenvalue weighted by Crippen LogP contribution is 2.22. The van der Waals surface area contributed by atoms with Gasteiger partial charge in [-0.05, 0) is 112 Å². The van der Waals surface area contributed by atoms with Crippen molar-refractivity contribution in [3.63, 3.8) is 0 Å². The van der Waals surface area contributed by atoms with E-state index in [4.69, 9.17) is 0 Å². The Hall–Kier alpha value is -4.32. The highest BCUT2D eigenvalue weighted by atomic mass is 79.9. The molecule has 0 fully saturated rings. The largest absolute Gasteiger partial charge is 0.361 e. The van der Waals surface area contributed by atoms with Crippen molar-refractivity contribution in [2.24, 2.45) is 0 Å². The molecule has 56 heavy (non-hydrogen) atoms. The molecular formula is C40H44Br2N6O6S2. The number of halogens is 2. The van der Waals surface area contributed by atoms with Gasteiger partial charge < -0.3 is 20.6 Å². The summed E-state index contributed by atoms with van der Waals surface area (Å²) in [4.78, 5) is 32.0. The van der Waals surface area contributed by atoms with Gasteiger partial charge in [-0.15, -0.1) is 0 Å². The van der Waals surface area contributed by atoms with Crippen LogP contribution in [0.15, 0.2) is 128 Å². The number of hydrogen-bond acceptors (Lipinski definition) is 6. The summed E-state index contributed by atoms with van der Waals surface area (Å²) in [6.07, 6.45) is 4.10. The lowest BCUT2D eigenvalue weighted by Crippen LogP contribution is -2.49. The molecule has 6 N–H and O–H groups in total. The van der Waals surface area contributed by atoms with Gasteiger partial charge in [0.25, 0.3) is 0 Å². The highest BCUT2D eigenvalue weighted by molar-refractivity contribution is 9.10. The third-order valence-electron chi connectivity index (χ3n) is 8.54. The van der Waals surface area contributed by atoms with Gasteiger partial charge in [0, 0.05) is 55.2 Å². The minimum Gasteiger partial charge on any atom is -0.361 e. The predicted octanol–water partition coefficient (Wildman–Crippen LogP) is 6.69. The van der Waals surface area contributed by atoms with Crippen LogP contribution >= 0.6 is 31.9 Å². The molecule has 0 unspecified atom stereocenters. The molecule has 0 bridgehead atoms. The zero-order valence-corrected chi connectivity index (χ0v) is 35.9. The second-order valence-electron chi connectivity index (χ2n) is 13.7. The molecule has 0 spiro atoms. The topological polar surface area (TPSA) is 182 Å². The summed E-state index contributed by atoms with van der Waals surface area (Å²) < 4.78 is 58.0. The first kappa shape index (κ1) is 42.8. The molecule has 0 saturated carbocycles. The van der Waals surface area contributed by atoms with Gasteiger partial charge in [-0.2, -0.15) is 9.44 Å². The molecular weight excluding hydrogens is 884 g/mol. The maximum atomic E-state index is 12.8. The quantitative estimate of drug-likeness (QED) is 0.0708. The summed E-state index contributed by atoms with van der Waals surface area (Å²) >= 11 is 6.59. The first-order valence-corrected chi connectivity index (χ1v) is 22.3. The number of amides is 2.